The van der Waals surface area contributed by atoms with Crippen molar-refractivity contribution in [3.8, 4) is 0 Å². The molecule has 1 heterocycles. The molecule has 1 aliphatic heterocycles. The van der Waals surface area contributed by atoms with E-state index in [9.17, 15) is 4.79 Å². The van der Waals surface area contributed by atoms with Crippen molar-refractivity contribution in [1.82, 2.24) is 10.2 Å². The van der Waals surface area contributed by atoms with Gasteiger partial charge in [0, 0.05) is 25.8 Å². The molecule has 5 nitrogen and oxygen atoms in total. The van der Waals surface area contributed by atoms with Gasteiger partial charge in [0.05, 0.1) is 6.54 Å². The second-order valence-corrected chi connectivity index (χ2v) is 6.55. The van der Waals surface area contributed by atoms with Crippen LogP contribution in [0.4, 0.5) is 5.69 Å². The van der Waals surface area contributed by atoms with Gasteiger partial charge in [-0.15, -0.1) is 0 Å². The topological polar surface area (TPSA) is 56.7 Å². The minimum absolute atomic E-state index is 0.0599. The van der Waals surface area contributed by atoms with Crippen LogP contribution < -0.4 is 10.6 Å². The Hall–Kier alpha value is -2.04. The van der Waals surface area contributed by atoms with Gasteiger partial charge in [-0.1, -0.05) is 32.0 Å². The molecule has 2 rings (SSSR count). The Balaban J connectivity index is 1.78. The van der Waals surface area contributed by atoms with Crippen LogP contribution >= 0.6 is 0 Å². The molecule has 1 aliphatic rings. The summed E-state index contributed by atoms with van der Waals surface area (Å²) in [5.74, 6) is 2.22. The zero-order chi connectivity index (χ0) is 16.7. The standard InChI is InChI=1S/C18H28N4O/c1-14(2)11-15-9-10-22(13-15)18(19-3)20-12-17(23)21-16-7-5-4-6-8-16/h4-8,14-15H,9-13H2,1-3H3,(H,19,20)(H,21,23). The van der Waals surface area contributed by atoms with Crippen LogP contribution in [0.2, 0.25) is 0 Å². The van der Waals surface area contributed by atoms with E-state index < -0.39 is 0 Å². The lowest BCUT2D eigenvalue weighted by molar-refractivity contribution is -0.115. The van der Waals surface area contributed by atoms with Crippen LogP contribution in [0.1, 0.15) is 26.7 Å². The van der Waals surface area contributed by atoms with Crippen molar-refractivity contribution < 1.29 is 4.79 Å². The first-order chi connectivity index (χ1) is 11.1. The van der Waals surface area contributed by atoms with Gasteiger partial charge < -0.3 is 15.5 Å². The van der Waals surface area contributed by atoms with Gasteiger partial charge in [-0.05, 0) is 36.8 Å². The van der Waals surface area contributed by atoms with E-state index in [1.807, 2.05) is 30.3 Å². The van der Waals surface area contributed by atoms with E-state index in [1.165, 1.54) is 12.8 Å². The minimum atomic E-state index is -0.0599. The Morgan fingerprint density at radius 2 is 2.09 bits per heavy atom. The number of benzene rings is 1. The quantitative estimate of drug-likeness (QED) is 0.648. The molecule has 2 N–H and O–H groups in total. The first-order valence-corrected chi connectivity index (χ1v) is 8.39. The second-order valence-electron chi connectivity index (χ2n) is 6.55. The van der Waals surface area contributed by atoms with Gasteiger partial charge in [0.25, 0.3) is 0 Å². The van der Waals surface area contributed by atoms with Crippen LogP contribution in [-0.4, -0.2) is 43.4 Å². The monoisotopic (exact) mass is 316 g/mol. The molecule has 0 saturated carbocycles. The normalized spacial score (nSPS) is 18.3. The molecule has 1 amide bonds. The highest BCUT2D eigenvalue weighted by atomic mass is 16.1. The Labute approximate surface area is 139 Å². The number of carbonyl (C=O) groups excluding carboxylic acids is 1. The van der Waals surface area contributed by atoms with E-state index in [2.05, 4.69) is 34.4 Å². The molecule has 1 aromatic rings. The zero-order valence-electron chi connectivity index (χ0n) is 14.4. The number of aliphatic imine (C=N–C) groups is 1. The highest BCUT2D eigenvalue weighted by molar-refractivity contribution is 5.95. The van der Waals surface area contributed by atoms with E-state index in [0.29, 0.717) is 0 Å². The van der Waals surface area contributed by atoms with E-state index in [1.54, 1.807) is 7.05 Å². The average molecular weight is 316 g/mol. The van der Waals surface area contributed by atoms with E-state index in [-0.39, 0.29) is 12.5 Å². The fraction of sp³-hybridized carbons (Fsp3) is 0.556. The van der Waals surface area contributed by atoms with Gasteiger partial charge in [0.1, 0.15) is 0 Å². The highest BCUT2D eigenvalue weighted by Crippen LogP contribution is 2.23. The number of hydrogen-bond donors (Lipinski definition) is 2. The molecule has 0 aliphatic carbocycles. The first kappa shape index (κ1) is 17.3. The summed E-state index contributed by atoms with van der Waals surface area (Å²) in [5.41, 5.74) is 0.812. The van der Waals surface area contributed by atoms with Crippen molar-refractivity contribution in [1.29, 1.82) is 0 Å². The highest BCUT2D eigenvalue weighted by Gasteiger charge is 2.25. The summed E-state index contributed by atoms with van der Waals surface area (Å²) in [7, 11) is 1.77. The fourth-order valence-corrected chi connectivity index (χ4v) is 3.10. The van der Waals surface area contributed by atoms with Crippen molar-refractivity contribution in [2.75, 3.05) is 32.0 Å². The SMILES string of the molecule is CN=C(NCC(=O)Nc1ccccc1)N1CCC(CC(C)C)C1. The van der Waals surface area contributed by atoms with Gasteiger partial charge in [-0.2, -0.15) is 0 Å². The van der Waals surface area contributed by atoms with Crippen LogP contribution in [0.5, 0.6) is 0 Å². The average Bonchev–Trinajstić information content (AvgIpc) is 2.96. The molecular weight excluding hydrogens is 288 g/mol. The summed E-state index contributed by atoms with van der Waals surface area (Å²) in [4.78, 5) is 18.6. The Morgan fingerprint density at radius 1 is 1.35 bits per heavy atom. The molecule has 1 unspecified atom stereocenters. The fourth-order valence-electron chi connectivity index (χ4n) is 3.10. The van der Waals surface area contributed by atoms with Crippen LogP contribution in [0, 0.1) is 11.8 Å². The lowest BCUT2D eigenvalue weighted by Crippen LogP contribution is -2.43. The van der Waals surface area contributed by atoms with Crippen LogP contribution in [0.25, 0.3) is 0 Å². The van der Waals surface area contributed by atoms with Gasteiger partial charge in [-0.25, -0.2) is 0 Å². The molecule has 0 spiro atoms. The summed E-state index contributed by atoms with van der Waals surface area (Å²) in [5, 5.41) is 6.04. The lowest BCUT2D eigenvalue weighted by Gasteiger charge is -2.22. The van der Waals surface area contributed by atoms with Crippen molar-refractivity contribution in [2.24, 2.45) is 16.8 Å². The number of guanidine groups is 1. The molecule has 0 aromatic heterocycles. The predicted octanol–water partition coefficient (Wildman–Crippen LogP) is 2.57. The van der Waals surface area contributed by atoms with Crippen molar-refractivity contribution >= 4 is 17.6 Å². The van der Waals surface area contributed by atoms with E-state index >= 15 is 0 Å². The molecule has 1 fully saturated rings. The molecule has 1 aromatic carbocycles. The minimum Gasteiger partial charge on any atom is -0.347 e. The molecule has 0 bridgehead atoms. The molecule has 1 saturated heterocycles. The Bertz CT molecular complexity index is 527. The number of para-hydroxylation sites is 1. The van der Waals surface area contributed by atoms with Gasteiger partial charge >= 0.3 is 0 Å². The van der Waals surface area contributed by atoms with Gasteiger partial charge in [0.2, 0.25) is 5.91 Å². The largest absolute Gasteiger partial charge is 0.347 e. The summed E-state index contributed by atoms with van der Waals surface area (Å²) in [6, 6.07) is 9.49. The van der Waals surface area contributed by atoms with E-state index in [0.717, 1.165) is 36.6 Å². The third kappa shape index (κ3) is 5.58. The third-order valence-electron chi connectivity index (χ3n) is 4.07. The molecule has 0 radical (unpaired) electrons. The zero-order valence-corrected chi connectivity index (χ0v) is 14.4. The number of rotatable bonds is 5. The van der Waals surface area contributed by atoms with Crippen LogP contribution in [0.15, 0.2) is 35.3 Å². The maximum Gasteiger partial charge on any atom is 0.243 e. The number of amides is 1. The summed E-state index contributed by atoms with van der Waals surface area (Å²) in [6.45, 7) is 6.80. The Morgan fingerprint density at radius 3 is 2.74 bits per heavy atom. The summed E-state index contributed by atoms with van der Waals surface area (Å²) in [6.07, 6.45) is 2.46. The molecular formula is C18H28N4O. The smallest absolute Gasteiger partial charge is 0.243 e. The molecule has 5 heteroatoms. The van der Waals surface area contributed by atoms with Gasteiger partial charge in [0.15, 0.2) is 5.96 Å². The third-order valence-corrected chi connectivity index (χ3v) is 4.07. The van der Waals surface area contributed by atoms with Crippen molar-refractivity contribution in [3.63, 3.8) is 0 Å². The maximum absolute atomic E-state index is 12.0. The number of nitrogens with one attached hydrogen (secondary N) is 2. The van der Waals surface area contributed by atoms with Crippen molar-refractivity contribution in [2.45, 2.75) is 26.7 Å². The van der Waals surface area contributed by atoms with Crippen molar-refractivity contribution in [3.05, 3.63) is 30.3 Å². The number of carbonyl (C=O) groups is 1. The summed E-state index contributed by atoms with van der Waals surface area (Å²) < 4.78 is 0. The molecule has 126 valence electrons. The number of anilines is 1. The Kier molecular flexibility index (Phi) is 6.44. The lowest BCUT2D eigenvalue weighted by atomic mass is 9.97. The van der Waals surface area contributed by atoms with Crippen LogP contribution in [0.3, 0.4) is 0 Å². The summed E-state index contributed by atoms with van der Waals surface area (Å²) >= 11 is 0. The number of likely N-dealkylation sites (tertiary alicyclic amines) is 1. The van der Waals surface area contributed by atoms with Crippen LogP contribution in [-0.2, 0) is 4.79 Å². The number of hydrogen-bond acceptors (Lipinski definition) is 2. The first-order valence-electron chi connectivity index (χ1n) is 8.39. The van der Waals surface area contributed by atoms with Gasteiger partial charge in [-0.3, -0.25) is 9.79 Å². The molecule has 1 atom stereocenters. The predicted molar refractivity (Wildman–Crippen MR) is 95.6 cm³/mol. The second kappa shape index (κ2) is 8.56. The maximum atomic E-state index is 12.0. The molecule has 23 heavy (non-hydrogen) atoms. The van der Waals surface area contributed by atoms with E-state index in [4.69, 9.17) is 0 Å². The number of nitrogens with zero attached hydrogens (tertiary/aromatic N) is 2.